The van der Waals surface area contributed by atoms with Crippen LogP contribution in [0.2, 0.25) is 0 Å². The Morgan fingerprint density at radius 2 is 2.11 bits per heavy atom. The van der Waals surface area contributed by atoms with E-state index < -0.39 is 0 Å². The molecule has 1 amide bonds. The number of hydrazine groups is 1. The van der Waals surface area contributed by atoms with Crippen LogP contribution in [0.1, 0.15) is 18.4 Å². The van der Waals surface area contributed by atoms with Gasteiger partial charge in [-0.1, -0.05) is 6.07 Å². The molecule has 0 unspecified atom stereocenters. The second kappa shape index (κ2) is 7.55. The molecule has 0 aliphatic carbocycles. The molecular weight excluding hydrogens is 232 g/mol. The molecular formula is C13H20N2O3. The molecule has 1 rings (SSSR count). The highest BCUT2D eigenvalue weighted by molar-refractivity contribution is 5.75. The van der Waals surface area contributed by atoms with Gasteiger partial charge in [-0.05, 0) is 31.0 Å². The van der Waals surface area contributed by atoms with Gasteiger partial charge in [0.2, 0.25) is 5.91 Å². The standard InChI is InChI=1S/C13H20N2O3/c1-10-6-7-11(12(9-10)17-3)18-8-4-5-13(16)15-14-2/h6-7,9,14H,4-5,8H2,1-3H3,(H,15,16). The van der Waals surface area contributed by atoms with Crippen molar-refractivity contribution in [2.24, 2.45) is 0 Å². The van der Waals surface area contributed by atoms with E-state index in [1.807, 2.05) is 25.1 Å². The Kier molecular flexibility index (Phi) is 6.00. The Hall–Kier alpha value is -1.75. The van der Waals surface area contributed by atoms with Gasteiger partial charge in [0.05, 0.1) is 13.7 Å². The molecule has 0 heterocycles. The second-order valence-corrected chi connectivity index (χ2v) is 3.90. The topological polar surface area (TPSA) is 59.6 Å². The van der Waals surface area contributed by atoms with Crippen LogP contribution < -0.4 is 20.3 Å². The second-order valence-electron chi connectivity index (χ2n) is 3.90. The van der Waals surface area contributed by atoms with E-state index >= 15 is 0 Å². The highest BCUT2D eigenvalue weighted by Gasteiger charge is 2.05. The number of amides is 1. The first kappa shape index (κ1) is 14.3. The van der Waals surface area contributed by atoms with Crippen LogP contribution in [0, 0.1) is 6.92 Å². The zero-order valence-electron chi connectivity index (χ0n) is 11.1. The summed E-state index contributed by atoms with van der Waals surface area (Å²) in [5, 5.41) is 0. The number of nitrogens with one attached hydrogen (secondary N) is 2. The summed E-state index contributed by atoms with van der Waals surface area (Å²) in [5.41, 5.74) is 6.21. The van der Waals surface area contributed by atoms with Gasteiger partial charge in [-0.15, -0.1) is 0 Å². The van der Waals surface area contributed by atoms with Crippen molar-refractivity contribution in [3.63, 3.8) is 0 Å². The van der Waals surface area contributed by atoms with E-state index in [0.29, 0.717) is 25.2 Å². The lowest BCUT2D eigenvalue weighted by Gasteiger charge is -2.11. The number of hydrogen-bond acceptors (Lipinski definition) is 4. The third kappa shape index (κ3) is 4.63. The smallest absolute Gasteiger partial charge is 0.234 e. The number of aryl methyl sites for hydroxylation is 1. The van der Waals surface area contributed by atoms with Gasteiger partial charge in [0.1, 0.15) is 0 Å². The molecule has 0 aliphatic heterocycles. The van der Waals surface area contributed by atoms with Crippen molar-refractivity contribution >= 4 is 5.91 Å². The van der Waals surface area contributed by atoms with Gasteiger partial charge >= 0.3 is 0 Å². The van der Waals surface area contributed by atoms with Crippen LogP contribution >= 0.6 is 0 Å². The third-order valence-electron chi connectivity index (χ3n) is 2.39. The molecule has 0 aliphatic rings. The normalized spacial score (nSPS) is 9.94. The maximum Gasteiger partial charge on any atom is 0.234 e. The molecule has 100 valence electrons. The van der Waals surface area contributed by atoms with Gasteiger partial charge in [0.25, 0.3) is 0 Å². The summed E-state index contributed by atoms with van der Waals surface area (Å²) in [5.74, 6) is 1.38. The highest BCUT2D eigenvalue weighted by atomic mass is 16.5. The van der Waals surface area contributed by atoms with Crippen molar-refractivity contribution in [2.75, 3.05) is 20.8 Å². The summed E-state index contributed by atoms with van der Waals surface area (Å²) >= 11 is 0. The Balaban J connectivity index is 2.37. The summed E-state index contributed by atoms with van der Waals surface area (Å²) in [4.78, 5) is 11.2. The summed E-state index contributed by atoms with van der Waals surface area (Å²) in [6, 6.07) is 5.76. The molecule has 0 bridgehead atoms. The third-order valence-corrected chi connectivity index (χ3v) is 2.39. The van der Waals surface area contributed by atoms with Crippen molar-refractivity contribution in [2.45, 2.75) is 19.8 Å². The van der Waals surface area contributed by atoms with Gasteiger partial charge in [0, 0.05) is 13.5 Å². The molecule has 5 nitrogen and oxygen atoms in total. The number of benzene rings is 1. The van der Waals surface area contributed by atoms with Crippen LogP contribution in [0.15, 0.2) is 18.2 Å². The van der Waals surface area contributed by atoms with Gasteiger partial charge in [-0.3, -0.25) is 10.2 Å². The van der Waals surface area contributed by atoms with E-state index in [4.69, 9.17) is 9.47 Å². The fourth-order valence-electron chi connectivity index (χ4n) is 1.51. The quantitative estimate of drug-likeness (QED) is 0.569. The summed E-state index contributed by atoms with van der Waals surface area (Å²) in [7, 11) is 3.27. The number of ether oxygens (including phenoxy) is 2. The Labute approximate surface area is 107 Å². The molecule has 0 aromatic heterocycles. The lowest BCUT2D eigenvalue weighted by atomic mass is 10.2. The van der Waals surface area contributed by atoms with Crippen LogP contribution in [0.3, 0.4) is 0 Å². The minimum absolute atomic E-state index is 0.0445. The highest BCUT2D eigenvalue weighted by Crippen LogP contribution is 2.27. The maximum absolute atomic E-state index is 11.2. The first-order valence-corrected chi connectivity index (χ1v) is 5.90. The van der Waals surface area contributed by atoms with Gasteiger partial charge in [0.15, 0.2) is 11.5 Å². The molecule has 1 aromatic carbocycles. The van der Waals surface area contributed by atoms with Crippen LogP contribution in [-0.4, -0.2) is 26.7 Å². The minimum Gasteiger partial charge on any atom is -0.493 e. The fraction of sp³-hybridized carbons (Fsp3) is 0.462. The summed E-state index contributed by atoms with van der Waals surface area (Å²) in [6.45, 7) is 2.48. The van der Waals surface area contributed by atoms with E-state index in [1.54, 1.807) is 14.2 Å². The average molecular weight is 252 g/mol. The SMILES string of the molecule is CNNC(=O)CCCOc1ccc(C)cc1OC. The van der Waals surface area contributed by atoms with Crippen LogP contribution in [0.25, 0.3) is 0 Å². The van der Waals surface area contributed by atoms with E-state index in [0.717, 1.165) is 11.3 Å². The number of carbonyl (C=O) groups excluding carboxylic acids is 1. The Bertz CT molecular complexity index is 394. The average Bonchev–Trinajstić information content (AvgIpc) is 2.36. The molecule has 18 heavy (non-hydrogen) atoms. The zero-order valence-corrected chi connectivity index (χ0v) is 11.1. The molecule has 0 fully saturated rings. The number of methoxy groups -OCH3 is 1. The minimum atomic E-state index is -0.0445. The van der Waals surface area contributed by atoms with Crippen molar-refractivity contribution in [3.8, 4) is 11.5 Å². The van der Waals surface area contributed by atoms with Crippen LogP contribution in [-0.2, 0) is 4.79 Å². The van der Waals surface area contributed by atoms with Crippen LogP contribution in [0.5, 0.6) is 11.5 Å². The van der Waals surface area contributed by atoms with Crippen molar-refractivity contribution in [1.29, 1.82) is 0 Å². The molecule has 5 heteroatoms. The van der Waals surface area contributed by atoms with Crippen molar-refractivity contribution in [1.82, 2.24) is 10.9 Å². The maximum atomic E-state index is 11.2. The number of rotatable bonds is 7. The van der Waals surface area contributed by atoms with E-state index in [2.05, 4.69) is 10.9 Å². The van der Waals surface area contributed by atoms with Crippen molar-refractivity contribution < 1.29 is 14.3 Å². The monoisotopic (exact) mass is 252 g/mol. The zero-order chi connectivity index (χ0) is 13.4. The lowest BCUT2D eigenvalue weighted by molar-refractivity contribution is -0.122. The number of hydrogen-bond donors (Lipinski definition) is 2. The fourth-order valence-corrected chi connectivity index (χ4v) is 1.51. The molecule has 0 saturated heterocycles. The molecule has 0 radical (unpaired) electrons. The largest absolute Gasteiger partial charge is 0.493 e. The van der Waals surface area contributed by atoms with Crippen LogP contribution in [0.4, 0.5) is 0 Å². The van der Waals surface area contributed by atoms with E-state index in [-0.39, 0.29) is 5.91 Å². The molecule has 0 spiro atoms. The molecule has 2 N–H and O–H groups in total. The first-order valence-electron chi connectivity index (χ1n) is 5.90. The Morgan fingerprint density at radius 3 is 2.78 bits per heavy atom. The predicted molar refractivity (Wildman–Crippen MR) is 69.7 cm³/mol. The molecule has 0 atom stereocenters. The predicted octanol–water partition coefficient (Wildman–Crippen LogP) is 1.41. The summed E-state index contributed by atoms with van der Waals surface area (Å²) in [6.07, 6.45) is 1.08. The first-order chi connectivity index (χ1) is 8.67. The number of carbonyl (C=O) groups is 1. The van der Waals surface area contributed by atoms with Gasteiger partial charge in [-0.2, -0.15) is 0 Å². The van der Waals surface area contributed by atoms with E-state index in [1.165, 1.54) is 0 Å². The molecule has 0 saturated carbocycles. The Morgan fingerprint density at radius 1 is 1.33 bits per heavy atom. The molecule has 1 aromatic rings. The van der Waals surface area contributed by atoms with Crippen molar-refractivity contribution in [3.05, 3.63) is 23.8 Å². The van der Waals surface area contributed by atoms with Gasteiger partial charge < -0.3 is 9.47 Å². The summed E-state index contributed by atoms with van der Waals surface area (Å²) < 4.78 is 10.8. The van der Waals surface area contributed by atoms with Gasteiger partial charge in [-0.25, -0.2) is 5.43 Å². The lowest BCUT2D eigenvalue weighted by Crippen LogP contribution is -2.34. The van der Waals surface area contributed by atoms with E-state index in [9.17, 15) is 4.79 Å².